The predicted octanol–water partition coefficient (Wildman–Crippen LogP) is 2.29. The second-order valence-corrected chi connectivity index (χ2v) is 8.13. The highest BCUT2D eigenvalue weighted by molar-refractivity contribution is 5.97. The highest BCUT2D eigenvalue weighted by Gasteiger charge is 2.54. The van der Waals surface area contributed by atoms with Crippen LogP contribution >= 0.6 is 0 Å². The lowest BCUT2D eigenvalue weighted by atomic mass is 9.96. The number of rotatable bonds is 4. The van der Waals surface area contributed by atoms with Gasteiger partial charge in [-0.15, -0.1) is 0 Å². The molecule has 2 saturated heterocycles. The van der Waals surface area contributed by atoms with Crippen molar-refractivity contribution in [3.05, 3.63) is 35.4 Å². The number of carboxylic acid groups (broad SMARTS) is 1. The molecule has 3 rings (SSSR count). The Morgan fingerprint density at radius 1 is 1.18 bits per heavy atom. The van der Waals surface area contributed by atoms with Crippen molar-refractivity contribution in [2.75, 3.05) is 19.7 Å². The lowest BCUT2D eigenvalue weighted by Crippen LogP contribution is -2.58. The molecule has 0 bridgehead atoms. The normalized spacial score (nSPS) is 21.4. The molecule has 1 aromatic carbocycles. The highest BCUT2D eigenvalue weighted by atomic mass is 16.5. The van der Waals surface area contributed by atoms with Crippen LogP contribution in [0.15, 0.2) is 24.3 Å². The van der Waals surface area contributed by atoms with Gasteiger partial charge in [0.15, 0.2) is 6.04 Å². The maximum Gasteiger partial charge on any atom is 0.328 e. The summed E-state index contributed by atoms with van der Waals surface area (Å²) in [6, 6.07) is 6.07. The molecule has 1 N–H and O–H groups in total. The van der Waals surface area contributed by atoms with E-state index in [1.807, 2.05) is 32.9 Å². The fourth-order valence-corrected chi connectivity index (χ4v) is 3.97. The van der Waals surface area contributed by atoms with Gasteiger partial charge in [0.25, 0.3) is 5.91 Å². The molecule has 2 heterocycles. The summed E-state index contributed by atoms with van der Waals surface area (Å²) in [6.07, 6.45) is 1.31. The Hall–Kier alpha value is -2.41. The summed E-state index contributed by atoms with van der Waals surface area (Å²) < 4.78 is 5.93. The molecule has 0 unspecified atom stereocenters. The second kappa shape index (κ2) is 7.91. The number of carboxylic acids is 1. The molecular weight excluding hydrogens is 360 g/mol. The number of carbonyl (C=O) groups is 3. The van der Waals surface area contributed by atoms with Crippen LogP contribution in [0, 0.1) is 12.8 Å². The van der Waals surface area contributed by atoms with Gasteiger partial charge in [0.1, 0.15) is 5.72 Å². The zero-order valence-corrected chi connectivity index (χ0v) is 16.7. The van der Waals surface area contributed by atoms with Crippen molar-refractivity contribution in [1.82, 2.24) is 9.80 Å². The Morgan fingerprint density at radius 2 is 1.79 bits per heavy atom. The Labute approximate surface area is 165 Å². The quantitative estimate of drug-likeness (QED) is 0.855. The minimum atomic E-state index is -1.07. The van der Waals surface area contributed by atoms with Gasteiger partial charge in [0, 0.05) is 37.9 Å². The molecule has 0 saturated carbocycles. The molecule has 152 valence electrons. The van der Waals surface area contributed by atoms with Crippen molar-refractivity contribution >= 4 is 17.8 Å². The van der Waals surface area contributed by atoms with Gasteiger partial charge >= 0.3 is 5.97 Å². The molecule has 1 atom stereocenters. The zero-order chi connectivity index (χ0) is 20.5. The largest absolute Gasteiger partial charge is 0.480 e. The average molecular weight is 388 g/mol. The maximum absolute atomic E-state index is 13.2. The predicted molar refractivity (Wildman–Crippen MR) is 103 cm³/mol. The van der Waals surface area contributed by atoms with E-state index >= 15 is 0 Å². The highest BCUT2D eigenvalue weighted by Crippen LogP contribution is 2.38. The van der Waals surface area contributed by atoms with Gasteiger partial charge in [0.05, 0.1) is 6.61 Å². The SMILES string of the molecule is Cc1ccc(C(=O)N2[C@@H](C(=O)O)COC23CCN(C(=O)CC(C)C)CC3)cc1. The number of nitrogens with zero attached hydrogens (tertiary/aromatic N) is 2. The minimum Gasteiger partial charge on any atom is -0.480 e. The van der Waals surface area contributed by atoms with Crippen LogP contribution in [0.4, 0.5) is 0 Å². The van der Waals surface area contributed by atoms with Gasteiger partial charge in [-0.1, -0.05) is 31.5 Å². The van der Waals surface area contributed by atoms with Crippen LogP contribution < -0.4 is 0 Å². The summed E-state index contributed by atoms with van der Waals surface area (Å²) in [6.45, 7) is 6.81. The van der Waals surface area contributed by atoms with Crippen LogP contribution in [0.1, 0.15) is 49.0 Å². The van der Waals surface area contributed by atoms with E-state index in [-0.39, 0.29) is 24.3 Å². The van der Waals surface area contributed by atoms with Crippen molar-refractivity contribution in [2.45, 2.75) is 51.8 Å². The number of carbonyl (C=O) groups excluding carboxylic acids is 2. The Balaban J connectivity index is 1.81. The summed E-state index contributed by atoms with van der Waals surface area (Å²) in [5, 5.41) is 9.64. The summed E-state index contributed by atoms with van der Waals surface area (Å²) >= 11 is 0. The second-order valence-electron chi connectivity index (χ2n) is 8.13. The fourth-order valence-electron chi connectivity index (χ4n) is 3.97. The Bertz CT molecular complexity index is 751. The summed E-state index contributed by atoms with van der Waals surface area (Å²) in [7, 11) is 0. The van der Waals surface area contributed by atoms with Crippen LogP contribution in [-0.2, 0) is 14.3 Å². The molecule has 1 spiro atoms. The molecule has 2 aliphatic heterocycles. The monoisotopic (exact) mass is 388 g/mol. The fraction of sp³-hybridized carbons (Fsp3) is 0.571. The van der Waals surface area contributed by atoms with Crippen molar-refractivity contribution in [1.29, 1.82) is 0 Å². The lowest BCUT2D eigenvalue weighted by molar-refractivity contribution is -0.148. The molecule has 2 aliphatic rings. The van der Waals surface area contributed by atoms with Gasteiger partial charge < -0.3 is 14.7 Å². The number of hydrogen-bond donors (Lipinski definition) is 1. The molecule has 2 amide bonds. The Morgan fingerprint density at radius 3 is 2.32 bits per heavy atom. The number of aryl methyl sites for hydroxylation is 1. The van der Waals surface area contributed by atoms with E-state index in [4.69, 9.17) is 4.74 Å². The molecule has 7 heteroatoms. The van der Waals surface area contributed by atoms with Gasteiger partial charge in [-0.2, -0.15) is 0 Å². The molecule has 28 heavy (non-hydrogen) atoms. The minimum absolute atomic E-state index is 0.0348. The van der Waals surface area contributed by atoms with E-state index in [0.29, 0.717) is 37.9 Å². The smallest absolute Gasteiger partial charge is 0.328 e. The van der Waals surface area contributed by atoms with E-state index in [9.17, 15) is 19.5 Å². The van der Waals surface area contributed by atoms with Crippen LogP contribution in [0.25, 0.3) is 0 Å². The lowest BCUT2D eigenvalue weighted by Gasteiger charge is -2.44. The van der Waals surface area contributed by atoms with Crippen molar-refractivity contribution in [2.24, 2.45) is 5.92 Å². The molecular formula is C21H28N2O5. The third-order valence-electron chi connectivity index (χ3n) is 5.54. The summed E-state index contributed by atoms with van der Waals surface area (Å²) in [5.41, 5.74) is 0.496. The number of amides is 2. The zero-order valence-electron chi connectivity index (χ0n) is 16.7. The molecule has 0 radical (unpaired) electrons. The van der Waals surface area contributed by atoms with Gasteiger partial charge in [-0.25, -0.2) is 4.79 Å². The van der Waals surface area contributed by atoms with Gasteiger partial charge in [-0.3, -0.25) is 14.5 Å². The molecule has 0 aromatic heterocycles. The first-order valence-electron chi connectivity index (χ1n) is 9.78. The number of ether oxygens (including phenoxy) is 1. The third-order valence-corrected chi connectivity index (χ3v) is 5.54. The topological polar surface area (TPSA) is 87.2 Å². The molecule has 2 fully saturated rings. The molecule has 1 aromatic rings. The van der Waals surface area contributed by atoms with E-state index in [2.05, 4.69) is 0 Å². The van der Waals surface area contributed by atoms with Crippen molar-refractivity contribution in [3.8, 4) is 0 Å². The Kier molecular flexibility index (Phi) is 5.74. The summed E-state index contributed by atoms with van der Waals surface area (Å²) in [4.78, 5) is 40.5. The average Bonchev–Trinajstić information content (AvgIpc) is 3.00. The molecule has 7 nitrogen and oxygen atoms in total. The van der Waals surface area contributed by atoms with Crippen LogP contribution in [0.3, 0.4) is 0 Å². The number of hydrogen-bond acceptors (Lipinski definition) is 4. The number of likely N-dealkylation sites (tertiary alicyclic amines) is 1. The summed E-state index contributed by atoms with van der Waals surface area (Å²) in [5.74, 6) is -1.04. The van der Waals surface area contributed by atoms with E-state index in [1.54, 1.807) is 17.0 Å². The first kappa shape index (κ1) is 20.3. The number of piperidine rings is 1. The van der Waals surface area contributed by atoms with E-state index < -0.39 is 17.7 Å². The molecule has 0 aliphatic carbocycles. The van der Waals surface area contributed by atoms with Crippen LogP contribution in [-0.4, -0.2) is 64.2 Å². The van der Waals surface area contributed by atoms with Crippen LogP contribution in [0.5, 0.6) is 0 Å². The number of benzene rings is 1. The van der Waals surface area contributed by atoms with Crippen molar-refractivity contribution in [3.63, 3.8) is 0 Å². The third kappa shape index (κ3) is 3.90. The standard InChI is InChI=1S/C21H28N2O5/c1-14(2)12-18(24)22-10-8-21(9-11-22)23(17(13-28-21)20(26)27)19(25)16-6-4-15(3)5-7-16/h4-7,14,17H,8-13H2,1-3H3,(H,26,27)/t17-/m1/s1. The van der Waals surface area contributed by atoms with Crippen LogP contribution in [0.2, 0.25) is 0 Å². The van der Waals surface area contributed by atoms with Gasteiger partial charge in [0.2, 0.25) is 5.91 Å². The van der Waals surface area contributed by atoms with E-state index in [0.717, 1.165) is 5.56 Å². The first-order chi connectivity index (χ1) is 13.2. The first-order valence-corrected chi connectivity index (χ1v) is 9.78. The number of aliphatic carboxylic acids is 1. The maximum atomic E-state index is 13.2. The van der Waals surface area contributed by atoms with E-state index in [1.165, 1.54) is 4.90 Å². The van der Waals surface area contributed by atoms with Crippen molar-refractivity contribution < 1.29 is 24.2 Å². The van der Waals surface area contributed by atoms with Gasteiger partial charge in [-0.05, 0) is 25.0 Å².